The topological polar surface area (TPSA) is 72.2 Å². The minimum absolute atomic E-state index is 0. The lowest BCUT2D eigenvalue weighted by Crippen LogP contribution is -2.41. The summed E-state index contributed by atoms with van der Waals surface area (Å²) in [6, 6.07) is 2.83. The molecule has 0 fully saturated rings. The van der Waals surface area contributed by atoms with Crippen LogP contribution in [0.2, 0.25) is 0 Å². The number of ketones is 1. The Morgan fingerprint density at radius 3 is 2.35 bits per heavy atom. The van der Waals surface area contributed by atoms with Crippen LogP contribution in [0.15, 0.2) is 18.2 Å². The molecule has 130 valence electrons. The van der Waals surface area contributed by atoms with Gasteiger partial charge in [0.15, 0.2) is 17.4 Å². The maximum absolute atomic E-state index is 13.1. The molecule has 0 aliphatic carbocycles. The Labute approximate surface area is 141 Å². The predicted octanol–water partition coefficient (Wildman–Crippen LogP) is 2.84. The molecule has 0 spiro atoms. The summed E-state index contributed by atoms with van der Waals surface area (Å²) in [5, 5.41) is 2.78. The van der Waals surface area contributed by atoms with Crippen molar-refractivity contribution >= 4 is 24.1 Å². The molecule has 1 unspecified atom stereocenters. The van der Waals surface area contributed by atoms with E-state index in [-0.39, 0.29) is 42.8 Å². The number of carbonyl (C=O) groups is 2. The normalized spacial score (nSPS) is 11.7. The van der Waals surface area contributed by atoms with Crippen LogP contribution in [0.1, 0.15) is 43.5 Å². The zero-order valence-corrected chi connectivity index (χ0v) is 14.1. The molecule has 1 amide bonds. The SMILES string of the molecule is CC(C)CC(CN)NC(=O)CCC(=O)c1ccc(F)c(F)c1.Cl. The van der Waals surface area contributed by atoms with Gasteiger partial charge in [0.2, 0.25) is 5.91 Å². The monoisotopic (exact) mass is 348 g/mol. The minimum Gasteiger partial charge on any atom is -0.352 e. The van der Waals surface area contributed by atoms with E-state index in [1.807, 2.05) is 13.8 Å². The number of benzene rings is 1. The van der Waals surface area contributed by atoms with E-state index < -0.39 is 17.4 Å². The number of halogens is 3. The molecule has 0 aliphatic rings. The quantitative estimate of drug-likeness (QED) is 0.709. The summed E-state index contributed by atoms with van der Waals surface area (Å²) in [6.07, 6.45) is 0.696. The van der Waals surface area contributed by atoms with E-state index in [9.17, 15) is 18.4 Å². The number of hydrogen-bond acceptors (Lipinski definition) is 3. The number of carbonyl (C=O) groups excluding carboxylic acids is 2. The van der Waals surface area contributed by atoms with E-state index in [4.69, 9.17) is 5.73 Å². The molecule has 1 rings (SSSR count). The minimum atomic E-state index is -1.07. The smallest absolute Gasteiger partial charge is 0.220 e. The maximum Gasteiger partial charge on any atom is 0.220 e. The summed E-state index contributed by atoms with van der Waals surface area (Å²) in [5.41, 5.74) is 5.65. The van der Waals surface area contributed by atoms with Gasteiger partial charge in [-0.05, 0) is 30.5 Å². The molecule has 23 heavy (non-hydrogen) atoms. The first-order chi connectivity index (χ1) is 10.3. The second-order valence-electron chi connectivity index (χ2n) is 5.68. The van der Waals surface area contributed by atoms with Crippen molar-refractivity contribution in [2.24, 2.45) is 11.7 Å². The van der Waals surface area contributed by atoms with Gasteiger partial charge in [0, 0.05) is 31.0 Å². The number of amides is 1. The highest BCUT2D eigenvalue weighted by Gasteiger charge is 2.15. The summed E-state index contributed by atoms with van der Waals surface area (Å²) < 4.78 is 25.9. The summed E-state index contributed by atoms with van der Waals surface area (Å²) in [7, 11) is 0. The van der Waals surface area contributed by atoms with Gasteiger partial charge in [-0.1, -0.05) is 13.8 Å². The number of rotatable bonds is 8. The third kappa shape index (κ3) is 7.52. The average Bonchev–Trinajstić information content (AvgIpc) is 2.46. The Bertz CT molecular complexity index is 539. The van der Waals surface area contributed by atoms with Crippen LogP contribution in [0.5, 0.6) is 0 Å². The largest absolute Gasteiger partial charge is 0.352 e. The number of hydrogen-bond donors (Lipinski definition) is 2. The van der Waals surface area contributed by atoms with Crippen LogP contribution in [0.25, 0.3) is 0 Å². The second-order valence-corrected chi connectivity index (χ2v) is 5.68. The van der Waals surface area contributed by atoms with Gasteiger partial charge < -0.3 is 11.1 Å². The van der Waals surface area contributed by atoms with Crippen molar-refractivity contribution in [3.8, 4) is 0 Å². The van der Waals surface area contributed by atoms with Crippen molar-refractivity contribution in [3.63, 3.8) is 0 Å². The van der Waals surface area contributed by atoms with Gasteiger partial charge in [-0.2, -0.15) is 0 Å². The van der Waals surface area contributed by atoms with Gasteiger partial charge in [0.1, 0.15) is 0 Å². The number of nitrogens with two attached hydrogens (primary N) is 1. The van der Waals surface area contributed by atoms with Crippen molar-refractivity contribution in [3.05, 3.63) is 35.4 Å². The van der Waals surface area contributed by atoms with Gasteiger partial charge >= 0.3 is 0 Å². The molecule has 0 bridgehead atoms. The van der Waals surface area contributed by atoms with Crippen LogP contribution in [0.4, 0.5) is 8.78 Å². The molecule has 0 heterocycles. The van der Waals surface area contributed by atoms with Gasteiger partial charge in [0.05, 0.1) is 0 Å². The molecular weight excluding hydrogens is 326 g/mol. The van der Waals surface area contributed by atoms with Crippen LogP contribution in [-0.4, -0.2) is 24.3 Å². The first-order valence-electron chi connectivity index (χ1n) is 7.31. The maximum atomic E-state index is 13.1. The summed E-state index contributed by atoms with van der Waals surface area (Å²) >= 11 is 0. The second kappa shape index (κ2) is 10.3. The summed E-state index contributed by atoms with van der Waals surface area (Å²) in [6.45, 7) is 4.39. The molecule has 0 saturated carbocycles. The Morgan fingerprint density at radius 1 is 1.17 bits per heavy atom. The van der Waals surface area contributed by atoms with E-state index in [1.54, 1.807) is 0 Å². The molecule has 3 N–H and O–H groups in total. The van der Waals surface area contributed by atoms with Crippen molar-refractivity contribution in [1.82, 2.24) is 5.32 Å². The van der Waals surface area contributed by atoms with Gasteiger partial charge in [-0.25, -0.2) is 8.78 Å². The lowest BCUT2D eigenvalue weighted by Gasteiger charge is -2.18. The third-order valence-corrected chi connectivity index (χ3v) is 3.23. The van der Waals surface area contributed by atoms with Crippen molar-refractivity contribution in [1.29, 1.82) is 0 Å². The number of nitrogens with one attached hydrogen (secondary N) is 1. The van der Waals surface area contributed by atoms with Crippen LogP contribution >= 0.6 is 12.4 Å². The third-order valence-electron chi connectivity index (χ3n) is 3.23. The molecule has 0 aliphatic heterocycles. The fraction of sp³-hybridized carbons (Fsp3) is 0.500. The van der Waals surface area contributed by atoms with E-state index in [2.05, 4.69) is 5.32 Å². The lowest BCUT2D eigenvalue weighted by molar-refractivity contribution is -0.121. The predicted molar refractivity (Wildman–Crippen MR) is 87.6 cm³/mol. The van der Waals surface area contributed by atoms with Crippen LogP contribution in [0.3, 0.4) is 0 Å². The first-order valence-corrected chi connectivity index (χ1v) is 7.31. The summed E-state index contributed by atoms with van der Waals surface area (Å²) in [5.74, 6) is -2.35. The molecule has 1 aromatic carbocycles. The lowest BCUT2D eigenvalue weighted by atomic mass is 10.0. The van der Waals surface area contributed by atoms with E-state index in [1.165, 1.54) is 6.07 Å². The van der Waals surface area contributed by atoms with E-state index in [0.29, 0.717) is 12.5 Å². The van der Waals surface area contributed by atoms with Crippen molar-refractivity contribution in [2.75, 3.05) is 6.54 Å². The Balaban J connectivity index is 0.00000484. The summed E-state index contributed by atoms with van der Waals surface area (Å²) in [4.78, 5) is 23.6. The van der Waals surface area contributed by atoms with Crippen LogP contribution < -0.4 is 11.1 Å². The molecule has 4 nitrogen and oxygen atoms in total. The van der Waals surface area contributed by atoms with Crippen molar-refractivity contribution in [2.45, 2.75) is 39.2 Å². The zero-order valence-electron chi connectivity index (χ0n) is 13.3. The molecule has 0 radical (unpaired) electrons. The highest BCUT2D eigenvalue weighted by atomic mass is 35.5. The van der Waals surface area contributed by atoms with Gasteiger partial charge in [-0.15, -0.1) is 12.4 Å². The van der Waals surface area contributed by atoms with Crippen LogP contribution in [-0.2, 0) is 4.79 Å². The van der Waals surface area contributed by atoms with E-state index >= 15 is 0 Å². The molecule has 0 aromatic heterocycles. The Kier molecular flexibility index (Phi) is 9.60. The highest BCUT2D eigenvalue weighted by Crippen LogP contribution is 2.12. The molecule has 7 heteroatoms. The highest BCUT2D eigenvalue weighted by molar-refractivity contribution is 5.97. The first kappa shape index (κ1) is 21.5. The molecule has 1 aromatic rings. The number of Topliss-reactive ketones (excluding diaryl/α,β-unsaturated/α-hetero) is 1. The van der Waals surface area contributed by atoms with Crippen LogP contribution in [0, 0.1) is 17.6 Å². The zero-order chi connectivity index (χ0) is 16.7. The Hall–Kier alpha value is -1.53. The molecule has 0 saturated heterocycles. The Morgan fingerprint density at radius 2 is 1.83 bits per heavy atom. The fourth-order valence-electron chi connectivity index (χ4n) is 2.12. The van der Waals surface area contributed by atoms with Gasteiger partial charge in [-0.3, -0.25) is 9.59 Å². The van der Waals surface area contributed by atoms with Crippen molar-refractivity contribution < 1.29 is 18.4 Å². The fourth-order valence-corrected chi connectivity index (χ4v) is 2.12. The standard InChI is InChI=1S/C16H22F2N2O2.ClH/c1-10(2)7-12(9-19)20-16(22)6-5-15(21)11-3-4-13(17)14(18)8-11;/h3-4,8,10,12H,5-7,9,19H2,1-2H3,(H,20,22);1H. The molecule has 1 atom stereocenters. The molecular formula is C16H23ClF2N2O2. The van der Waals surface area contributed by atoms with Gasteiger partial charge in [0.25, 0.3) is 0 Å². The average molecular weight is 349 g/mol. The van der Waals surface area contributed by atoms with E-state index in [0.717, 1.165) is 18.6 Å².